The standard InChI is InChI=1S/C14H16N2/c15-10-13-8-4-5-9-14(13)16-11-12-6-2-1-3-7-12/h1-3,6-8,14,16H,4-5,9,11H2. The molecule has 1 aliphatic rings. The first-order chi connectivity index (χ1) is 7.90. The van der Waals surface area contributed by atoms with E-state index in [1.165, 1.54) is 12.0 Å². The van der Waals surface area contributed by atoms with Crippen LogP contribution in [0.5, 0.6) is 0 Å². The molecule has 2 rings (SSSR count). The Morgan fingerprint density at radius 3 is 2.88 bits per heavy atom. The number of benzene rings is 1. The summed E-state index contributed by atoms with van der Waals surface area (Å²) >= 11 is 0. The maximum atomic E-state index is 9.00. The lowest BCUT2D eigenvalue weighted by molar-refractivity contribution is 0.508. The molecule has 0 aromatic heterocycles. The zero-order valence-electron chi connectivity index (χ0n) is 9.32. The number of hydrogen-bond acceptors (Lipinski definition) is 2. The molecule has 0 spiro atoms. The molecule has 0 fully saturated rings. The smallest absolute Gasteiger partial charge is 0.0960 e. The highest BCUT2D eigenvalue weighted by atomic mass is 14.9. The van der Waals surface area contributed by atoms with E-state index in [0.717, 1.165) is 25.0 Å². The van der Waals surface area contributed by atoms with Gasteiger partial charge in [0.05, 0.1) is 6.07 Å². The molecule has 0 radical (unpaired) electrons. The van der Waals surface area contributed by atoms with Gasteiger partial charge in [-0.05, 0) is 24.8 Å². The number of allylic oxidation sites excluding steroid dienone is 1. The van der Waals surface area contributed by atoms with Gasteiger partial charge in [-0.15, -0.1) is 0 Å². The van der Waals surface area contributed by atoms with Gasteiger partial charge in [0.1, 0.15) is 0 Å². The van der Waals surface area contributed by atoms with Gasteiger partial charge >= 0.3 is 0 Å². The van der Waals surface area contributed by atoms with E-state index >= 15 is 0 Å². The number of nitrogens with one attached hydrogen (secondary N) is 1. The molecule has 1 aromatic rings. The molecule has 0 saturated carbocycles. The van der Waals surface area contributed by atoms with Crippen LogP contribution in [-0.2, 0) is 6.54 Å². The van der Waals surface area contributed by atoms with E-state index < -0.39 is 0 Å². The first-order valence-corrected chi connectivity index (χ1v) is 5.77. The van der Waals surface area contributed by atoms with Crippen molar-refractivity contribution in [3.8, 4) is 6.07 Å². The van der Waals surface area contributed by atoms with E-state index in [1.807, 2.05) is 18.2 Å². The van der Waals surface area contributed by atoms with Gasteiger partial charge in [0.15, 0.2) is 0 Å². The highest BCUT2D eigenvalue weighted by Crippen LogP contribution is 2.18. The Kier molecular flexibility index (Phi) is 3.74. The van der Waals surface area contributed by atoms with Crippen LogP contribution in [0.1, 0.15) is 24.8 Å². The summed E-state index contributed by atoms with van der Waals surface area (Å²) in [5, 5.41) is 12.4. The quantitative estimate of drug-likeness (QED) is 0.836. The fourth-order valence-electron chi connectivity index (χ4n) is 2.05. The van der Waals surface area contributed by atoms with Gasteiger partial charge < -0.3 is 5.32 Å². The molecule has 2 nitrogen and oxygen atoms in total. The molecule has 0 amide bonds. The van der Waals surface area contributed by atoms with E-state index in [2.05, 4.69) is 29.6 Å². The van der Waals surface area contributed by atoms with Crippen molar-refractivity contribution in [1.82, 2.24) is 5.32 Å². The minimum absolute atomic E-state index is 0.249. The van der Waals surface area contributed by atoms with Gasteiger partial charge in [-0.3, -0.25) is 0 Å². The number of nitrogens with zero attached hydrogens (tertiary/aromatic N) is 1. The summed E-state index contributed by atoms with van der Waals surface area (Å²) in [4.78, 5) is 0. The highest BCUT2D eigenvalue weighted by Gasteiger charge is 2.16. The van der Waals surface area contributed by atoms with Crippen LogP contribution in [0.2, 0.25) is 0 Å². The van der Waals surface area contributed by atoms with Gasteiger partial charge in [0.2, 0.25) is 0 Å². The third kappa shape index (κ3) is 2.71. The van der Waals surface area contributed by atoms with Gasteiger partial charge in [0, 0.05) is 18.2 Å². The number of nitriles is 1. The van der Waals surface area contributed by atoms with Crippen LogP contribution < -0.4 is 5.32 Å². The fourth-order valence-corrected chi connectivity index (χ4v) is 2.05. The van der Waals surface area contributed by atoms with Crippen molar-refractivity contribution in [2.45, 2.75) is 31.8 Å². The summed E-state index contributed by atoms with van der Waals surface area (Å²) in [7, 11) is 0. The lowest BCUT2D eigenvalue weighted by Crippen LogP contribution is -2.31. The van der Waals surface area contributed by atoms with E-state index in [9.17, 15) is 0 Å². The van der Waals surface area contributed by atoms with Gasteiger partial charge in [0.25, 0.3) is 0 Å². The van der Waals surface area contributed by atoms with E-state index in [-0.39, 0.29) is 6.04 Å². The lowest BCUT2D eigenvalue weighted by Gasteiger charge is -2.21. The topological polar surface area (TPSA) is 35.8 Å². The summed E-state index contributed by atoms with van der Waals surface area (Å²) in [6.45, 7) is 0.838. The van der Waals surface area contributed by atoms with Crippen LogP contribution in [-0.4, -0.2) is 6.04 Å². The van der Waals surface area contributed by atoms with Crippen LogP contribution in [0.3, 0.4) is 0 Å². The zero-order valence-corrected chi connectivity index (χ0v) is 9.32. The summed E-state index contributed by atoms with van der Waals surface area (Å²) in [6, 6.07) is 12.8. The van der Waals surface area contributed by atoms with Crippen molar-refractivity contribution in [3.05, 3.63) is 47.5 Å². The van der Waals surface area contributed by atoms with Gasteiger partial charge in [-0.25, -0.2) is 0 Å². The Bertz CT molecular complexity index is 400. The Morgan fingerprint density at radius 1 is 1.31 bits per heavy atom. The third-order valence-corrected chi connectivity index (χ3v) is 2.96. The largest absolute Gasteiger partial charge is 0.305 e. The van der Waals surface area contributed by atoms with Crippen LogP contribution in [0, 0.1) is 11.3 Å². The third-order valence-electron chi connectivity index (χ3n) is 2.96. The van der Waals surface area contributed by atoms with Crippen molar-refractivity contribution in [2.75, 3.05) is 0 Å². The summed E-state index contributed by atoms with van der Waals surface area (Å²) in [5.74, 6) is 0. The average Bonchev–Trinajstić information content (AvgIpc) is 2.38. The van der Waals surface area contributed by atoms with Gasteiger partial charge in [-0.2, -0.15) is 5.26 Å². The Hall–Kier alpha value is -1.59. The molecule has 0 saturated heterocycles. The molecule has 1 aliphatic carbocycles. The molecular weight excluding hydrogens is 196 g/mol. The molecule has 1 aromatic carbocycles. The Labute approximate surface area is 96.6 Å². The van der Waals surface area contributed by atoms with Crippen molar-refractivity contribution >= 4 is 0 Å². The minimum Gasteiger partial charge on any atom is -0.305 e. The van der Waals surface area contributed by atoms with E-state index in [1.54, 1.807) is 0 Å². The number of hydrogen-bond donors (Lipinski definition) is 1. The van der Waals surface area contributed by atoms with Crippen molar-refractivity contribution in [1.29, 1.82) is 5.26 Å². The van der Waals surface area contributed by atoms with Crippen LogP contribution in [0.15, 0.2) is 42.0 Å². The summed E-state index contributed by atoms with van der Waals surface area (Å²) in [6.07, 6.45) is 5.36. The van der Waals surface area contributed by atoms with Crippen LogP contribution in [0.25, 0.3) is 0 Å². The molecule has 0 bridgehead atoms. The molecular formula is C14H16N2. The second-order valence-corrected chi connectivity index (χ2v) is 4.12. The Morgan fingerprint density at radius 2 is 2.12 bits per heavy atom. The van der Waals surface area contributed by atoms with Gasteiger partial charge in [-0.1, -0.05) is 36.4 Å². The molecule has 16 heavy (non-hydrogen) atoms. The predicted octanol–water partition coefficient (Wildman–Crippen LogP) is 2.78. The van der Waals surface area contributed by atoms with Crippen molar-refractivity contribution in [3.63, 3.8) is 0 Å². The van der Waals surface area contributed by atoms with E-state index in [0.29, 0.717) is 0 Å². The van der Waals surface area contributed by atoms with Crippen molar-refractivity contribution < 1.29 is 0 Å². The fraction of sp³-hybridized carbons (Fsp3) is 0.357. The maximum Gasteiger partial charge on any atom is 0.0960 e. The lowest BCUT2D eigenvalue weighted by atomic mass is 9.95. The minimum atomic E-state index is 0.249. The first-order valence-electron chi connectivity index (χ1n) is 5.77. The van der Waals surface area contributed by atoms with Crippen LogP contribution in [0.4, 0.5) is 0 Å². The second kappa shape index (κ2) is 5.48. The molecule has 1 unspecified atom stereocenters. The highest BCUT2D eigenvalue weighted by molar-refractivity contribution is 5.28. The summed E-state index contributed by atoms with van der Waals surface area (Å²) < 4.78 is 0. The van der Waals surface area contributed by atoms with Crippen molar-refractivity contribution in [2.24, 2.45) is 0 Å². The van der Waals surface area contributed by atoms with Crippen LogP contribution >= 0.6 is 0 Å². The molecule has 1 atom stereocenters. The molecule has 82 valence electrons. The van der Waals surface area contributed by atoms with E-state index in [4.69, 9.17) is 5.26 Å². The molecule has 0 heterocycles. The maximum absolute atomic E-state index is 9.00. The Balaban J connectivity index is 1.93. The first kappa shape index (κ1) is 10.9. The average molecular weight is 212 g/mol. The number of rotatable bonds is 3. The zero-order chi connectivity index (χ0) is 11.2. The normalized spacial score (nSPS) is 19.9. The molecule has 1 N–H and O–H groups in total. The molecule has 0 aliphatic heterocycles. The summed E-state index contributed by atoms with van der Waals surface area (Å²) in [5.41, 5.74) is 2.17. The molecule has 2 heteroatoms. The second-order valence-electron chi connectivity index (χ2n) is 4.12. The monoisotopic (exact) mass is 212 g/mol. The SMILES string of the molecule is N#CC1=CCCCC1NCc1ccccc1. The predicted molar refractivity (Wildman–Crippen MR) is 64.6 cm³/mol.